The third-order valence-electron chi connectivity index (χ3n) is 2.09. The van der Waals surface area contributed by atoms with Crippen molar-refractivity contribution in [3.05, 3.63) is 35.4 Å². The molecule has 0 saturated carbocycles. The summed E-state index contributed by atoms with van der Waals surface area (Å²) in [7, 11) is 0. The van der Waals surface area contributed by atoms with Crippen LogP contribution in [0.2, 0.25) is 0 Å². The molecule has 0 unspecified atom stereocenters. The van der Waals surface area contributed by atoms with Crippen LogP contribution in [-0.4, -0.2) is 11.8 Å². The van der Waals surface area contributed by atoms with Crippen molar-refractivity contribution in [3.8, 4) is 0 Å². The van der Waals surface area contributed by atoms with Crippen LogP contribution in [0.1, 0.15) is 35.7 Å². The zero-order valence-corrected chi connectivity index (χ0v) is 9.59. The van der Waals surface area contributed by atoms with E-state index in [1.165, 1.54) is 0 Å². The van der Waals surface area contributed by atoms with E-state index in [0.29, 0.717) is 12.2 Å². The van der Waals surface area contributed by atoms with Gasteiger partial charge in [-0.3, -0.25) is 4.79 Å². The molecule has 1 aromatic rings. The fourth-order valence-electron chi connectivity index (χ4n) is 1.17. The lowest BCUT2D eigenvalue weighted by Crippen LogP contribution is -1.96. The Morgan fingerprint density at radius 3 is 2.53 bits per heavy atom. The first kappa shape index (κ1) is 12.2. The molecule has 3 heteroatoms. The highest BCUT2D eigenvalue weighted by molar-refractivity contribution is 6.67. The van der Waals surface area contributed by atoms with E-state index in [-0.39, 0.29) is 0 Å². The lowest BCUT2D eigenvalue weighted by molar-refractivity contribution is 0.108. The SMILES string of the molecule is CCCCOCc1ccc(C(=O)Cl)cc1. The van der Waals surface area contributed by atoms with Gasteiger partial charge in [-0.1, -0.05) is 25.5 Å². The molecule has 0 aromatic heterocycles. The number of benzene rings is 1. The molecule has 0 radical (unpaired) electrons. The topological polar surface area (TPSA) is 26.3 Å². The molecule has 0 aliphatic heterocycles. The highest BCUT2D eigenvalue weighted by Gasteiger charge is 2.00. The summed E-state index contributed by atoms with van der Waals surface area (Å²) in [6.45, 7) is 3.51. The number of unbranched alkanes of at least 4 members (excludes halogenated alkanes) is 1. The van der Waals surface area contributed by atoms with Gasteiger partial charge in [-0.25, -0.2) is 0 Å². The molecule has 0 heterocycles. The van der Waals surface area contributed by atoms with Crippen LogP contribution in [-0.2, 0) is 11.3 Å². The molecule has 0 saturated heterocycles. The van der Waals surface area contributed by atoms with Gasteiger partial charge in [-0.15, -0.1) is 0 Å². The van der Waals surface area contributed by atoms with Gasteiger partial charge in [0, 0.05) is 12.2 Å². The summed E-state index contributed by atoms with van der Waals surface area (Å²) in [5.41, 5.74) is 1.58. The van der Waals surface area contributed by atoms with Crippen molar-refractivity contribution < 1.29 is 9.53 Å². The summed E-state index contributed by atoms with van der Waals surface area (Å²) in [6, 6.07) is 7.16. The Balaban J connectivity index is 2.39. The molecule has 2 nitrogen and oxygen atoms in total. The Kier molecular flexibility index (Phi) is 5.37. The van der Waals surface area contributed by atoms with Crippen molar-refractivity contribution in [2.45, 2.75) is 26.4 Å². The smallest absolute Gasteiger partial charge is 0.252 e. The molecular formula is C12H15ClO2. The molecule has 1 aromatic carbocycles. The minimum absolute atomic E-state index is 0.423. The molecule has 0 fully saturated rings. The van der Waals surface area contributed by atoms with Gasteiger partial charge in [-0.05, 0) is 35.7 Å². The quantitative estimate of drug-likeness (QED) is 0.549. The predicted octanol–water partition coefficient (Wildman–Crippen LogP) is 3.38. The lowest BCUT2D eigenvalue weighted by Gasteiger charge is -2.03. The first-order valence-corrected chi connectivity index (χ1v) is 5.48. The highest BCUT2D eigenvalue weighted by Crippen LogP contribution is 2.08. The minimum atomic E-state index is -0.423. The molecule has 0 N–H and O–H groups in total. The van der Waals surface area contributed by atoms with Crippen LogP contribution in [0.5, 0.6) is 0 Å². The molecule has 15 heavy (non-hydrogen) atoms. The average molecular weight is 227 g/mol. The van der Waals surface area contributed by atoms with E-state index < -0.39 is 5.24 Å². The van der Waals surface area contributed by atoms with Gasteiger partial charge in [0.05, 0.1) is 6.61 Å². The molecule has 0 spiro atoms. The number of halogens is 1. The molecule has 82 valence electrons. The van der Waals surface area contributed by atoms with Crippen LogP contribution in [0, 0.1) is 0 Å². The van der Waals surface area contributed by atoms with E-state index in [9.17, 15) is 4.79 Å². The van der Waals surface area contributed by atoms with Crippen LogP contribution < -0.4 is 0 Å². The van der Waals surface area contributed by atoms with Gasteiger partial charge in [0.2, 0.25) is 0 Å². The minimum Gasteiger partial charge on any atom is -0.377 e. The van der Waals surface area contributed by atoms with E-state index in [2.05, 4.69) is 6.92 Å². The van der Waals surface area contributed by atoms with Gasteiger partial charge in [0.25, 0.3) is 5.24 Å². The molecule has 0 amide bonds. The van der Waals surface area contributed by atoms with E-state index in [1.807, 2.05) is 12.1 Å². The van der Waals surface area contributed by atoms with Gasteiger partial charge in [0.15, 0.2) is 0 Å². The Morgan fingerprint density at radius 1 is 1.33 bits per heavy atom. The number of hydrogen-bond acceptors (Lipinski definition) is 2. The number of rotatable bonds is 6. The maximum atomic E-state index is 10.8. The van der Waals surface area contributed by atoms with Crippen molar-refractivity contribution in [3.63, 3.8) is 0 Å². The van der Waals surface area contributed by atoms with Crippen molar-refractivity contribution in [1.29, 1.82) is 0 Å². The Bertz CT molecular complexity index is 306. The standard InChI is InChI=1S/C12H15ClO2/c1-2-3-8-15-9-10-4-6-11(7-5-10)12(13)14/h4-7H,2-3,8-9H2,1H3. The summed E-state index contributed by atoms with van der Waals surface area (Å²) in [6.07, 6.45) is 2.22. The van der Waals surface area contributed by atoms with Crippen LogP contribution in [0.3, 0.4) is 0 Å². The average Bonchev–Trinajstić information content (AvgIpc) is 2.25. The first-order valence-electron chi connectivity index (χ1n) is 5.10. The number of hydrogen-bond donors (Lipinski definition) is 0. The summed E-state index contributed by atoms with van der Waals surface area (Å²) < 4.78 is 5.44. The fraction of sp³-hybridized carbons (Fsp3) is 0.417. The molecule has 0 aliphatic carbocycles. The summed E-state index contributed by atoms with van der Waals surface area (Å²) in [5, 5.41) is -0.423. The van der Waals surface area contributed by atoms with Crippen LogP contribution >= 0.6 is 11.6 Å². The van der Waals surface area contributed by atoms with Crippen molar-refractivity contribution >= 4 is 16.8 Å². The van der Waals surface area contributed by atoms with Crippen molar-refractivity contribution in [2.75, 3.05) is 6.61 Å². The normalized spacial score (nSPS) is 10.3. The number of carbonyl (C=O) groups excluding carboxylic acids is 1. The molecular weight excluding hydrogens is 212 g/mol. The second-order valence-electron chi connectivity index (χ2n) is 3.38. The third kappa shape index (κ3) is 4.45. The second kappa shape index (κ2) is 6.59. The molecule has 1 rings (SSSR count). The number of ether oxygens (including phenoxy) is 1. The van der Waals surface area contributed by atoms with Crippen LogP contribution in [0.25, 0.3) is 0 Å². The monoisotopic (exact) mass is 226 g/mol. The largest absolute Gasteiger partial charge is 0.377 e. The Morgan fingerprint density at radius 2 is 2.00 bits per heavy atom. The Labute approximate surface area is 95.2 Å². The maximum absolute atomic E-state index is 10.8. The number of carbonyl (C=O) groups is 1. The van der Waals surface area contributed by atoms with Gasteiger partial charge >= 0.3 is 0 Å². The lowest BCUT2D eigenvalue weighted by atomic mass is 10.1. The maximum Gasteiger partial charge on any atom is 0.252 e. The van der Waals surface area contributed by atoms with Gasteiger partial charge in [0.1, 0.15) is 0 Å². The zero-order chi connectivity index (χ0) is 11.1. The molecule has 0 atom stereocenters. The van der Waals surface area contributed by atoms with Gasteiger partial charge < -0.3 is 4.74 Å². The Hall–Kier alpha value is -0.860. The summed E-state index contributed by atoms with van der Waals surface area (Å²) >= 11 is 5.33. The highest BCUT2D eigenvalue weighted by atomic mass is 35.5. The molecule has 0 bridgehead atoms. The fourth-order valence-corrected chi connectivity index (χ4v) is 1.29. The second-order valence-corrected chi connectivity index (χ2v) is 3.72. The van der Waals surface area contributed by atoms with Crippen LogP contribution in [0.4, 0.5) is 0 Å². The van der Waals surface area contributed by atoms with Gasteiger partial charge in [-0.2, -0.15) is 0 Å². The first-order chi connectivity index (χ1) is 7.24. The third-order valence-corrected chi connectivity index (χ3v) is 2.31. The van der Waals surface area contributed by atoms with Crippen LogP contribution in [0.15, 0.2) is 24.3 Å². The molecule has 0 aliphatic rings. The van der Waals surface area contributed by atoms with Crippen molar-refractivity contribution in [2.24, 2.45) is 0 Å². The van der Waals surface area contributed by atoms with E-state index in [1.54, 1.807) is 12.1 Å². The predicted molar refractivity (Wildman–Crippen MR) is 61.2 cm³/mol. The summed E-state index contributed by atoms with van der Waals surface area (Å²) in [5.74, 6) is 0. The zero-order valence-electron chi connectivity index (χ0n) is 8.83. The van der Waals surface area contributed by atoms with E-state index in [0.717, 1.165) is 25.0 Å². The van der Waals surface area contributed by atoms with Crippen molar-refractivity contribution in [1.82, 2.24) is 0 Å². The van der Waals surface area contributed by atoms with E-state index >= 15 is 0 Å². The van der Waals surface area contributed by atoms with E-state index in [4.69, 9.17) is 16.3 Å². The summed E-state index contributed by atoms with van der Waals surface area (Å²) in [4.78, 5) is 10.8.